The number of hydrogen-bond acceptors (Lipinski definition) is 7. The molecule has 4 aromatic rings. The molecular weight excluding hydrogens is 484 g/mol. The molecule has 1 amide bonds. The Bertz CT molecular complexity index is 1380. The summed E-state index contributed by atoms with van der Waals surface area (Å²) in [7, 11) is 0. The van der Waals surface area contributed by atoms with E-state index in [0.717, 1.165) is 27.6 Å². The van der Waals surface area contributed by atoms with Gasteiger partial charge < -0.3 is 14.8 Å². The first-order chi connectivity index (χ1) is 18.1. The standard InChI is InChI=1S/C29H28N4O3S/c1-4-16-36-26-15-8-21(17-27(26)35-5-2)18-30-33-28(34)23-11-9-22(10-12-23)25-19-37-29(32-25)31-24-13-6-20(3)7-14-24/h4,6-15,17-19H,1,5,16H2,2-3H3,(H,31,32)(H,33,34)/b30-18-. The van der Waals surface area contributed by atoms with E-state index in [0.29, 0.717) is 30.3 Å². The minimum absolute atomic E-state index is 0.307. The lowest BCUT2D eigenvalue weighted by Crippen LogP contribution is -2.17. The number of aromatic nitrogens is 1. The Kier molecular flexibility index (Phi) is 8.67. The molecule has 0 saturated carbocycles. The second kappa shape index (κ2) is 12.5. The molecule has 0 spiro atoms. The van der Waals surface area contributed by atoms with Gasteiger partial charge in [0.25, 0.3) is 5.91 Å². The molecule has 1 aromatic heterocycles. The van der Waals surface area contributed by atoms with Gasteiger partial charge in [-0.1, -0.05) is 42.5 Å². The first-order valence-electron chi connectivity index (χ1n) is 11.8. The summed E-state index contributed by atoms with van der Waals surface area (Å²) in [5, 5.41) is 10.2. The Morgan fingerprint density at radius 1 is 1.05 bits per heavy atom. The summed E-state index contributed by atoms with van der Waals surface area (Å²) in [6, 6.07) is 20.9. The summed E-state index contributed by atoms with van der Waals surface area (Å²) >= 11 is 1.53. The van der Waals surface area contributed by atoms with Crippen LogP contribution in [0.15, 0.2) is 89.9 Å². The molecule has 0 aliphatic rings. The van der Waals surface area contributed by atoms with Crippen molar-refractivity contribution in [1.82, 2.24) is 10.4 Å². The van der Waals surface area contributed by atoms with Gasteiger partial charge in [-0.25, -0.2) is 10.4 Å². The second-order valence-electron chi connectivity index (χ2n) is 8.04. The monoisotopic (exact) mass is 512 g/mol. The van der Waals surface area contributed by atoms with Crippen molar-refractivity contribution in [3.05, 3.63) is 101 Å². The van der Waals surface area contributed by atoms with Gasteiger partial charge in [-0.2, -0.15) is 5.10 Å². The third-order valence-corrected chi connectivity index (χ3v) is 6.01. The number of hydrogen-bond donors (Lipinski definition) is 2. The Labute approximate surface area is 220 Å². The third-order valence-electron chi connectivity index (χ3n) is 5.25. The van der Waals surface area contributed by atoms with Crippen molar-refractivity contribution < 1.29 is 14.3 Å². The Hall–Kier alpha value is -4.43. The van der Waals surface area contributed by atoms with Gasteiger partial charge in [0.05, 0.1) is 18.5 Å². The highest BCUT2D eigenvalue weighted by Gasteiger charge is 2.09. The molecule has 0 radical (unpaired) electrons. The maximum Gasteiger partial charge on any atom is 0.271 e. The van der Waals surface area contributed by atoms with Crippen LogP contribution in [0, 0.1) is 6.92 Å². The average molecular weight is 513 g/mol. The number of ether oxygens (including phenoxy) is 2. The molecule has 3 aromatic carbocycles. The fourth-order valence-electron chi connectivity index (χ4n) is 3.39. The van der Waals surface area contributed by atoms with Crippen LogP contribution in [0.4, 0.5) is 10.8 Å². The predicted molar refractivity (Wildman–Crippen MR) is 150 cm³/mol. The maximum atomic E-state index is 12.6. The number of hydrazone groups is 1. The number of amides is 1. The van der Waals surface area contributed by atoms with Gasteiger partial charge in [-0.3, -0.25) is 4.79 Å². The third kappa shape index (κ3) is 7.05. The van der Waals surface area contributed by atoms with Crippen molar-refractivity contribution in [2.75, 3.05) is 18.5 Å². The molecule has 7 nitrogen and oxygen atoms in total. The molecule has 0 aliphatic carbocycles. The Morgan fingerprint density at radius 3 is 2.57 bits per heavy atom. The van der Waals surface area contributed by atoms with Gasteiger partial charge in [0.1, 0.15) is 6.61 Å². The summed E-state index contributed by atoms with van der Waals surface area (Å²) < 4.78 is 11.2. The first kappa shape index (κ1) is 25.7. The van der Waals surface area contributed by atoms with Crippen LogP contribution in [0.3, 0.4) is 0 Å². The van der Waals surface area contributed by atoms with Gasteiger partial charge in [0.2, 0.25) is 0 Å². The van der Waals surface area contributed by atoms with Crippen molar-refractivity contribution in [3.63, 3.8) is 0 Å². The quantitative estimate of drug-likeness (QED) is 0.135. The molecular formula is C29H28N4O3S. The van der Waals surface area contributed by atoms with Crippen molar-refractivity contribution in [2.45, 2.75) is 13.8 Å². The van der Waals surface area contributed by atoms with Crippen molar-refractivity contribution in [1.29, 1.82) is 0 Å². The van der Waals surface area contributed by atoms with Gasteiger partial charge in [-0.05, 0) is 61.9 Å². The lowest BCUT2D eigenvalue weighted by atomic mass is 10.1. The smallest absolute Gasteiger partial charge is 0.271 e. The molecule has 4 rings (SSSR count). The highest BCUT2D eigenvalue weighted by Crippen LogP contribution is 2.29. The molecule has 0 fully saturated rings. The highest BCUT2D eigenvalue weighted by molar-refractivity contribution is 7.14. The minimum Gasteiger partial charge on any atom is -0.490 e. The Morgan fingerprint density at radius 2 is 1.84 bits per heavy atom. The van der Waals surface area contributed by atoms with E-state index in [2.05, 4.69) is 46.5 Å². The molecule has 0 atom stereocenters. The van der Waals surface area contributed by atoms with Crippen LogP contribution in [-0.4, -0.2) is 30.3 Å². The lowest BCUT2D eigenvalue weighted by molar-refractivity contribution is 0.0955. The predicted octanol–water partition coefficient (Wildman–Crippen LogP) is 6.59. The number of nitrogens with zero attached hydrogens (tertiary/aromatic N) is 2. The van der Waals surface area contributed by atoms with E-state index >= 15 is 0 Å². The van der Waals surface area contributed by atoms with Gasteiger partial charge in [-0.15, -0.1) is 11.3 Å². The zero-order valence-electron chi connectivity index (χ0n) is 20.7. The molecule has 8 heteroatoms. The van der Waals surface area contributed by atoms with Crippen LogP contribution in [0.25, 0.3) is 11.3 Å². The van der Waals surface area contributed by atoms with Gasteiger partial charge in [0, 0.05) is 22.2 Å². The van der Waals surface area contributed by atoms with Crippen LogP contribution in [0.2, 0.25) is 0 Å². The van der Waals surface area contributed by atoms with E-state index in [9.17, 15) is 4.79 Å². The molecule has 37 heavy (non-hydrogen) atoms. The number of thiazole rings is 1. The molecule has 0 unspecified atom stereocenters. The lowest BCUT2D eigenvalue weighted by Gasteiger charge is -2.11. The summed E-state index contributed by atoms with van der Waals surface area (Å²) in [5.74, 6) is 0.925. The number of rotatable bonds is 11. The number of aryl methyl sites for hydroxylation is 1. The zero-order chi connectivity index (χ0) is 26.0. The fourth-order valence-corrected chi connectivity index (χ4v) is 4.13. The SMILES string of the molecule is C=CCOc1ccc(/C=N\NC(=O)c2ccc(-c3csc(Nc4ccc(C)cc4)n3)cc2)cc1OCC. The molecule has 0 saturated heterocycles. The van der Waals surface area contributed by atoms with E-state index in [-0.39, 0.29) is 5.91 Å². The normalized spacial score (nSPS) is 10.8. The van der Waals surface area contributed by atoms with Crippen LogP contribution < -0.4 is 20.2 Å². The topological polar surface area (TPSA) is 84.8 Å². The second-order valence-corrected chi connectivity index (χ2v) is 8.90. The van der Waals surface area contributed by atoms with Gasteiger partial charge >= 0.3 is 0 Å². The van der Waals surface area contributed by atoms with E-state index in [1.165, 1.54) is 16.9 Å². The molecule has 188 valence electrons. The number of anilines is 2. The largest absolute Gasteiger partial charge is 0.490 e. The fraction of sp³-hybridized carbons (Fsp3) is 0.138. The van der Waals surface area contributed by atoms with E-state index in [4.69, 9.17) is 9.47 Å². The van der Waals surface area contributed by atoms with Crippen LogP contribution >= 0.6 is 11.3 Å². The van der Waals surface area contributed by atoms with Crippen LogP contribution in [-0.2, 0) is 0 Å². The first-order valence-corrected chi connectivity index (χ1v) is 12.7. The number of benzene rings is 3. The molecule has 2 N–H and O–H groups in total. The van der Waals surface area contributed by atoms with E-state index in [1.807, 2.05) is 48.7 Å². The zero-order valence-corrected chi connectivity index (χ0v) is 21.5. The highest BCUT2D eigenvalue weighted by atomic mass is 32.1. The molecule has 0 aliphatic heterocycles. The Balaban J connectivity index is 1.35. The number of carbonyl (C=O) groups excluding carboxylic acids is 1. The van der Waals surface area contributed by atoms with Gasteiger partial charge in [0.15, 0.2) is 16.6 Å². The minimum atomic E-state index is -0.307. The maximum absolute atomic E-state index is 12.6. The summed E-state index contributed by atoms with van der Waals surface area (Å²) in [6.07, 6.45) is 3.23. The van der Waals surface area contributed by atoms with Crippen molar-refractivity contribution in [2.24, 2.45) is 5.10 Å². The summed E-state index contributed by atoms with van der Waals surface area (Å²) in [5.41, 5.74) is 7.80. The molecule has 1 heterocycles. The molecule has 0 bridgehead atoms. The van der Waals surface area contributed by atoms with E-state index in [1.54, 1.807) is 30.5 Å². The van der Waals surface area contributed by atoms with Crippen LogP contribution in [0.1, 0.15) is 28.4 Å². The average Bonchev–Trinajstić information content (AvgIpc) is 3.38. The number of nitrogens with one attached hydrogen (secondary N) is 2. The summed E-state index contributed by atoms with van der Waals surface area (Å²) in [4.78, 5) is 17.2. The summed E-state index contributed by atoms with van der Waals surface area (Å²) in [6.45, 7) is 8.50. The van der Waals surface area contributed by atoms with E-state index < -0.39 is 0 Å². The van der Waals surface area contributed by atoms with Crippen molar-refractivity contribution in [3.8, 4) is 22.8 Å². The van der Waals surface area contributed by atoms with Crippen molar-refractivity contribution >= 4 is 34.3 Å². The van der Waals surface area contributed by atoms with Crippen LogP contribution in [0.5, 0.6) is 11.5 Å². The number of carbonyl (C=O) groups is 1.